The van der Waals surface area contributed by atoms with Crippen molar-refractivity contribution in [1.29, 1.82) is 0 Å². The maximum Gasteiger partial charge on any atom is 0.308 e. The molecule has 0 heterocycles. The van der Waals surface area contributed by atoms with Gasteiger partial charge < -0.3 is 9.47 Å². The highest BCUT2D eigenvalue weighted by molar-refractivity contribution is 9.10. The third-order valence-electron chi connectivity index (χ3n) is 1.42. The lowest BCUT2D eigenvalue weighted by Gasteiger charge is -2.06. The molecule has 0 saturated carbocycles. The minimum absolute atomic E-state index is 0.387. The molecule has 0 fully saturated rings. The summed E-state index contributed by atoms with van der Waals surface area (Å²) in [4.78, 5) is 21.4. The zero-order valence-electron chi connectivity index (χ0n) is 8.24. The van der Waals surface area contributed by atoms with Crippen LogP contribution in [0.25, 0.3) is 0 Å². The number of carbonyl (C=O) groups excluding carboxylic acids is 2. The van der Waals surface area contributed by atoms with Crippen LogP contribution in [0.2, 0.25) is 0 Å². The number of hydrogen-bond donors (Lipinski definition) is 0. The molecule has 0 aliphatic rings. The summed E-state index contributed by atoms with van der Waals surface area (Å²) in [5.41, 5.74) is 0. The first-order valence-electron chi connectivity index (χ1n) is 4.15. The Balaban J connectivity index is 2.87. The number of benzene rings is 1. The van der Waals surface area contributed by atoms with Crippen LogP contribution < -0.4 is 9.47 Å². The average molecular weight is 273 g/mol. The second kappa shape index (κ2) is 4.93. The molecule has 0 aliphatic carbocycles. The van der Waals surface area contributed by atoms with Gasteiger partial charge in [0.2, 0.25) is 0 Å². The molecule has 0 spiro atoms. The summed E-state index contributed by atoms with van der Waals surface area (Å²) in [5, 5.41) is 0. The van der Waals surface area contributed by atoms with E-state index in [0.29, 0.717) is 16.0 Å². The van der Waals surface area contributed by atoms with Crippen molar-refractivity contribution in [3.05, 3.63) is 22.7 Å². The van der Waals surface area contributed by atoms with E-state index < -0.39 is 11.9 Å². The Hall–Kier alpha value is -1.36. The highest BCUT2D eigenvalue weighted by Crippen LogP contribution is 2.29. The minimum Gasteiger partial charge on any atom is -0.427 e. The van der Waals surface area contributed by atoms with E-state index >= 15 is 0 Å². The molecule has 0 bridgehead atoms. The fourth-order valence-corrected chi connectivity index (χ4v) is 1.39. The summed E-state index contributed by atoms with van der Waals surface area (Å²) in [6.45, 7) is 2.63. The number of rotatable bonds is 2. The number of carbonyl (C=O) groups is 2. The lowest BCUT2D eigenvalue weighted by atomic mass is 10.3. The quantitative estimate of drug-likeness (QED) is 0.612. The molecular weight excluding hydrogens is 264 g/mol. The molecule has 0 N–H and O–H groups in total. The van der Waals surface area contributed by atoms with Gasteiger partial charge in [-0.25, -0.2) is 0 Å². The molecule has 1 rings (SSSR count). The molecule has 0 aromatic heterocycles. The molecule has 1 aromatic rings. The van der Waals surface area contributed by atoms with Crippen LogP contribution in [0.3, 0.4) is 0 Å². The van der Waals surface area contributed by atoms with Gasteiger partial charge in [-0.05, 0) is 34.1 Å². The summed E-state index contributed by atoms with van der Waals surface area (Å²) in [6, 6.07) is 4.65. The highest BCUT2D eigenvalue weighted by Gasteiger charge is 2.06. The van der Waals surface area contributed by atoms with Crippen molar-refractivity contribution in [3.63, 3.8) is 0 Å². The van der Waals surface area contributed by atoms with E-state index in [-0.39, 0.29) is 0 Å². The molecule has 0 saturated heterocycles. The Morgan fingerprint density at radius 2 is 1.73 bits per heavy atom. The number of halogens is 1. The van der Waals surface area contributed by atoms with Crippen molar-refractivity contribution in [3.8, 4) is 11.5 Å². The molecular formula is C10H9BrO4. The van der Waals surface area contributed by atoms with Gasteiger partial charge in [-0.15, -0.1) is 0 Å². The van der Waals surface area contributed by atoms with Gasteiger partial charge in [0.05, 0.1) is 4.47 Å². The van der Waals surface area contributed by atoms with Crippen molar-refractivity contribution in [2.45, 2.75) is 13.8 Å². The molecule has 80 valence electrons. The van der Waals surface area contributed by atoms with Crippen LogP contribution in [0.5, 0.6) is 11.5 Å². The first kappa shape index (κ1) is 11.7. The van der Waals surface area contributed by atoms with Crippen molar-refractivity contribution >= 4 is 27.9 Å². The summed E-state index contributed by atoms with van der Waals surface area (Å²) >= 11 is 3.20. The van der Waals surface area contributed by atoms with Gasteiger partial charge in [-0.1, -0.05) is 0 Å². The highest BCUT2D eigenvalue weighted by atomic mass is 79.9. The van der Waals surface area contributed by atoms with E-state index in [1.807, 2.05) is 0 Å². The zero-order chi connectivity index (χ0) is 11.4. The fourth-order valence-electron chi connectivity index (χ4n) is 0.949. The van der Waals surface area contributed by atoms with Crippen LogP contribution in [0, 0.1) is 0 Å². The molecule has 5 heteroatoms. The monoisotopic (exact) mass is 272 g/mol. The standard InChI is InChI=1S/C10H9BrO4/c1-6(12)14-8-3-4-10(9(11)5-8)15-7(2)13/h3-5H,1-2H3. The van der Waals surface area contributed by atoms with Gasteiger partial charge in [0.1, 0.15) is 11.5 Å². The smallest absolute Gasteiger partial charge is 0.308 e. The van der Waals surface area contributed by atoms with Gasteiger partial charge in [0.15, 0.2) is 0 Å². The van der Waals surface area contributed by atoms with Crippen molar-refractivity contribution in [1.82, 2.24) is 0 Å². The topological polar surface area (TPSA) is 52.6 Å². The Morgan fingerprint density at radius 1 is 1.13 bits per heavy atom. The Morgan fingerprint density at radius 3 is 2.20 bits per heavy atom. The van der Waals surface area contributed by atoms with Gasteiger partial charge in [-0.3, -0.25) is 9.59 Å². The summed E-state index contributed by atoms with van der Waals surface area (Å²) in [6.07, 6.45) is 0. The minimum atomic E-state index is -0.407. The van der Waals surface area contributed by atoms with Crippen LogP contribution in [0.15, 0.2) is 22.7 Å². The lowest BCUT2D eigenvalue weighted by Crippen LogP contribution is -2.03. The Labute approximate surface area is 95.3 Å². The normalized spacial score (nSPS) is 9.53. The second-order valence-electron chi connectivity index (χ2n) is 2.78. The first-order chi connectivity index (χ1) is 6.99. The average Bonchev–Trinajstić information content (AvgIpc) is 2.08. The molecule has 0 atom stereocenters. The molecule has 0 radical (unpaired) electrons. The lowest BCUT2D eigenvalue weighted by molar-refractivity contribution is -0.133. The number of ether oxygens (including phenoxy) is 2. The Bertz CT molecular complexity index is 400. The summed E-state index contributed by atoms with van der Waals surface area (Å²) in [5.74, 6) is -0.0262. The third-order valence-corrected chi connectivity index (χ3v) is 2.04. The van der Waals surface area contributed by atoms with Crippen LogP contribution in [0.1, 0.15) is 13.8 Å². The zero-order valence-corrected chi connectivity index (χ0v) is 9.83. The van der Waals surface area contributed by atoms with E-state index in [2.05, 4.69) is 15.9 Å². The molecule has 4 nitrogen and oxygen atoms in total. The SMILES string of the molecule is CC(=O)Oc1ccc(OC(C)=O)c(Br)c1. The van der Waals surface area contributed by atoms with Gasteiger partial charge in [0.25, 0.3) is 0 Å². The van der Waals surface area contributed by atoms with E-state index in [1.54, 1.807) is 18.2 Å². The van der Waals surface area contributed by atoms with Crippen LogP contribution in [-0.4, -0.2) is 11.9 Å². The molecule has 1 aromatic carbocycles. The predicted octanol–water partition coefficient (Wildman–Crippen LogP) is 2.30. The van der Waals surface area contributed by atoms with Gasteiger partial charge in [0, 0.05) is 13.8 Å². The van der Waals surface area contributed by atoms with Crippen LogP contribution >= 0.6 is 15.9 Å². The van der Waals surface area contributed by atoms with Gasteiger partial charge >= 0.3 is 11.9 Å². The second-order valence-corrected chi connectivity index (χ2v) is 3.63. The van der Waals surface area contributed by atoms with E-state index in [1.165, 1.54) is 13.8 Å². The summed E-state index contributed by atoms with van der Waals surface area (Å²) < 4.78 is 10.3. The van der Waals surface area contributed by atoms with E-state index in [4.69, 9.17) is 9.47 Å². The first-order valence-corrected chi connectivity index (χ1v) is 4.94. The van der Waals surface area contributed by atoms with E-state index in [9.17, 15) is 9.59 Å². The maximum absolute atomic E-state index is 10.7. The van der Waals surface area contributed by atoms with Crippen molar-refractivity contribution in [2.75, 3.05) is 0 Å². The molecule has 0 unspecified atom stereocenters. The van der Waals surface area contributed by atoms with E-state index in [0.717, 1.165) is 0 Å². The molecule has 0 aliphatic heterocycles. The van der Waals surface area contributed by atoms with Gasteiger partial charge in [-0.2, -0.15) is 0 Å². The maximum atomic E-state index is 10.7. The van der Waals surface area contributed by atoms with Crippen LogP contribution in [-0.2, 0) is 9.59 Å². The number of esters is 2. The predicted molar refractivity (Wildman–Crippen MR) is 56.8 cm³/mol. The van der Waals surface area contributed by atoms with Crippen molar-refractivity contribution < 1.29 is 19.1 Å². The molecule has 0 amide bonds. The van der Waals surface area contributed by atoms with Crippen LogP contribution in [0.4, 0.5) is 0 Å². The largest absolute Gasteiger partial charge is 0.427 e. The summed E-state index contributed by atoms with van der Waals surface area (Å²) in [7, 11) is 0. The third kappa shape index (κ3) is 3.71. The fraction of sp³-hybridized carbons (Fsp3) is 0.200. The van der Waals surface area contributed by atoms with Crippen molar-refractivity contribution in [2.24, 2.45) is 0 Å². The molecule has 15 heavy (non-hydrogen) atoms. The number of hydrogen-bond acceptors (Lipinski definition) is 4. The Kier molecular flexibility index (Phi) is 3.85.